The summed E-state index contributed by atoms with van der Waals surface area (Å²) in [5.41, 5.74) is 5.23. The van der Waals surface area contributed by atoms with Gasteiger partial charge in [-0.3, -0.25) is 9.48 Å². The minimum absolute atomic E-state index is 0.266. The van der Waals surface area contributed by atoms with Crippen LogP contribution in [0.25, 0.3) is 0 Å². The molecule has 0 saturated carbocycles. The molecule has 0 aliphatic carbocycles. The zero-order valence-corrected chi connectivity index (χ0v) is 11.3. The van der Waals surface area contributed by atoms with E-state index in [1.165, 1.54) is 0 Å². The molecule has 2 N–H and O–H groups in total. The third-order valence-electron chi connectivity index (χ3n) is 2.01. The van der Waals surface area contributed by atoms with Gasteiger partial charge >= 0.3 is 5.97 Å². The van der Waals surface area contributed by atoms with Crippen molar-refractivity contribution in [3.8, 4) is 5.75 Å². The van der Waals surface area contributed by atoms with E-state index in [1.807, 2.05) is 6.92 Å². The van der Waals surface area contributed by atoms with E-state index in [1.54, 1.807) is 37.8 Å². The fourth-order valence-electron chi connectivity index (χ4n) is 1.34. The van der Waals surface area contributed by atoms with Gasteiger partial charge in [-0.1, -0.05) is 0 Å². The highest BCUT2D eigenvalue weighted by atomic mass is 16.6. The summed E-state index contributed by atoms with van der Waals surface area (Å²) in [6, 6.07) is -0.737. The summed E-state index contributed by atoms with van der Waals surface area (Å²) in [6.45, 7) is 8.14. The van der Waals surface area contributed by atoms with Crippen LogP contribution in [0.5, 0.6) is 5.75 Å². The molecular formula is C12H21N3O3. The van der Waals surface area contributed by atoms with Crippen LogP contribution in [0.3, 0.4) is 0 Å². The molecule has 1 rings (SSSR count). The second-order valence-corrected chi connectivity index (χ2v) is 4.97. The van der Waals surface area contributed by atoms with E-state index in [-0.39, 0.29) is 6.54 Å². The monoisotopic (exact) mass is 255 g/mol. The van der Waals surface area contributed by atoms with Crippen molar-refractivity contribution in [1.29, 1.82) is 0 Å². The number of hydrogen-bond acceptors (Lipinski definition) is 5. The molecule has 1 unspecified atom stereocenters. The van der Waals surface area contributed by atoms with Gasteiger partial charge in [0.05, 0.1) is 25.5 Å². The average Bonchev–Trinajstić information content (AvgIpc) is 2.63. The fraction of sp³-hybridized carbons (Fsp3) is 0.667. The van der Waals surface area contributed by atoms with Gasteiger partial charge in [0, 0.05) is 0 Å². The molecule has 0 spiro atoms. The number of hydrogen-bond donors (Lipinski definition) is 1. The Hall–Kier alpha value is -1.56. The van der Waals surface area contributed by atoms with Gasteiger partial charge in [0.2, 0.25) is 0 Å². The predicted molar refractivity (Wildman–Crippen MR) is 67.2 cm³/mol. The summed E-state index contributed by atoms with van der Waals surface area (Å²) >= 11 is 0. The molecule has 1 aromatic heterocycles. The van der Waals surface area contributed by atoms with E-state index < -0.39 is 17.6 Å². The van der Waals surface area contributed by atoms with Crippen molar-refractivity contribution in [2.45, 2.75) is 45.9 Å². The molecule has 0 aliphatic rings. The number of esters is 1. The number of carbonyl (C=O) groups is 1. The van der Waals surface area contributed by atoms with Crippen LogP contribution in [-0.2, 0) is 16.1 Å². The third-order valence-corrected chi connectivity index (χ3v) is 2.01. The Morgan fingerprint density at radius 3 is 2.78 bits per heavy atom. The van der Waals surface area contributed by atoms with E-state index in [2.05, 4.69) is 5.10 Å². The number of nitrogens with zero attached hydrogens (tertiary/aromatic N) is 2. The van der Waals surface area contributed by atoms with Gasteiger partial charge in [-0.2, -0.15) is 5.10 Å². The number of ether oxygens (including phenoxy) is 2. The zero-order chi connectivity index (χ0) is 13.8. The van der Waals surface area contributed by atoms with Crippen LogP contribution in [0.1, 0.15) is 27.7 Å². The van der Waals surface area contributed by atoms with Crippen LogP contribution in [-0.4, -0.2) is 34.0 Å². The molecular weight excluding hydrogens is 234 g/mol. The molecule has 1 heterocycles. The second-order valence-electron chi connectivity index (χ2n) is 4.97. The Balaban J connectivity index is 2.52. The largest absolute Gasteiger partial charge is 0.491 e. The molecule has 18 heavy (non-hydrogen) atoms. The van der Waals surface area contributed by atoms with Crippen LogP contribution in [0.4, 0.5) is 0 Å². The number of nitrogens with two attached hydrogens (primary N) is 1. The Morgan fingerprint density at radius 1 is 1.56 bits per heavy atom. The number of aromatic nitrogens is 2. The zero-order valence-electron chi connectivity index (χ0n) is 11.3. The third kappa shape index (κ3) is 4.75. The SMILES string of the molecule is CCOc1cnn(CC(N)C(=O)OC(C)(C)C)c1. The molecule has 6 heteroatoms. The van der Waals surface area contributed by atoms with Gasteiger partial charge in [0.15, 0.2) is 5.75 Å². The molecule has 0 radical (unpaired) electrons. The van der Waals surface area contributed by atoms with Crippen molar-refractivity contribution in [1.82, 2.24) is 9.78 Å². The van der Waals surface area contributed by atoms with Crippen LogP contribution in [0.2, 0.25) is 0 Å². The quantitative estimate of drug-likeness (QED) is 0.792. The van der Waals surface area contributed by atoms with Gasteiger partial charge in [-0.15, -0.1) is 0 Å². The molecule has 0 saturated heterocycles. The Bertz CT molecular complexity index is 396. The Kier molecular flexibility index (Phi) is 4.72. The first kappa shape index (κ1) is 14.5. The highest BCUT2D eigenvalue weighted by Gasteiger charge is 2.22. The van der Waals surface area contributed by atoms with E-state index >= 15 is 0 Å². The lowest BCUT2D eigenvalue weighted by Crippen LogP contribution is -2.40. The van der Waals surface area contributed by atoms with Crippen molar-refractivity contribution in [2.75, 3.05) is 6.61 Å². The summed E-state index contributed by atoms with van der Waals surface area (Å²) in [5, 5.41) is 4.06. The number of rotatable bonds is 5. The van der Waals surface area contributed by atoms with Crippen LogP contribution in [0.15, 0.2) is 12.4 Å². The maximum Gasteiger partial charge on any atom is 0.325 e. The van der Waals surface area contributed by atoms with Crippen LogP contribution >= 0.6 is 0 Å². The molecule has 0 aromatic carbocycles. The molecule has 0 fully saturated rings. The van der Waals surface area contributed by atoms with Crippen LogP contribution < -0.4 is 10.5 Å². The summed E-state index contributed by atoms with van der Waals surface area (Å²) in [6.07, 6.45) is 3.29. The van der Waals surface area contributed by atoms with Gasteiger partial charge < -0.3 is 15.2 Å². The normalized spacial score (nSPS) is 13.2. The first-order chi connectivity index (χ1) is 8.31. The van der Waals surface area contributed by atoms with Gasteiger partial charge in [-0.05, 0) is 27.7 Å². The highest BCUT2D eigenvalue weighted by Crippen LogP contribution is 2.10. The van der Waals surface area contributed by atoms with Gasteiger partial charge in [0.25, 0.3) is 0 Å². The average molecular weight is 255 g/mol. The Labute approximate surface area is 107 Å². The molecule has 1 aromatic rings. The van der Waals surface area contributed by atoms with E-state index in [4.69, 9.17) is 15.2 Å². The summed E-state index contributed by atoms with van der Waals surface area (Å²) < 4.78 is 12.0. The first-order valence-electron chi connectivity index (χ1n) is 5.95. The van der Waals surface area contributed by atoms with Crippen molar-refractivity contribution in [3.63, 3.8) is 0 Å². The lowest BCUT2D eigenvalue weighted by molar-refractivity contribution is -0.156. The highest BCUT2D eigenvalue weighted by molar-refractivity contribution is 5.75. The lowest BCUT2D eigenvalue weighted by atomic mass is 10.2. The maximum absolute atomic E-state index is 11.7. The maximum atomic E-state index is 11.7. The molecule has 1 atom stereocenters. The van der Waals surface area contributed by atoms with Gasteiger partial charge in [-0.25, -0.2) is 0 Å². The molecule has 6 nitrogen and oxygen atoms in total. The second kappa shape index (κ2) is 5.86. The molecule has 0 aliphatic heterocycles. The van der Waals surface area contributed by atoms with Crippen molar-refractivity contribution in [3.05, 3.63) is 12.4 Å². The molecule has 102 valence electrons. The van der Waals surface area contributed by atoms with Crippen molar-refractivity contribution in [2.24, 2.45) is 5.73 Å². The smallest absolute Gasteiger partial charge is 0.325 e. The summed E-state index contributed by atoms with van der Waals surface area (Å²) in [5.74, 6) is 0.227. The van der Waals surface area contributed by atoms with Gasteiger partial charge in [0.1, 0.15) is 11.6 Å². The fourth-order valence-corrected chi connectivity index (χ4v) is 1.34. The van der Waals surface area contributed by atoms with E-state index in [9.17, 15) is 4.79 Å². The minimum Gasteiger partial charge on any atom is -0.491 e. The van der Waals surface area contributed by atoms with Crippen molar-refractivity contribution >= 4 is 5.97 Å². The number of carbonyl (C=O) groups excluding carboxylic acids is 1. The van der Waals surface area contributed by atoms with E-state index in [0.717, 1.165) is 0 Å². The molecule has 0 bridgehead atoms. The lowest BCUT2D eigenvalue weighted by Gasteiger charge is -2.22. The molecule has 0 amide bonds. The summed E-state index contributed by atoms with van der Waals surface area (Å²) in [7, 11) is 0. The Morgan fingerprint density at radius 2 is 2.22 bits per heavy atom. The minimum atomic E-state index is -0.737. The van der Waals surface area contributed by atoms with Crippen molar-refractivity contribution < 1.29 is 14.3 Å². The first-order valence-corrected chi connectivity index (χ1v) is 5.95. The predicted octanol–water partition coefficient (Wildman–Crippen LogP) is 0.951. The van der Waals surface area contributed by atoms with Crippen LogP contribution in [0, 0.1) is 0 Å². The van der Waals surface area contributed by atoms with E-state index in [0.29, 0.717) is 12.4 Å². The topological polar surface area (TPSA) is 79.4 Å². The summed E-state index contributed by atoms with van der Waals surface area (Å²) in [4.78, 5) is 11.7. The standard InChI is InChI=1S/C12H21N3O3/c1-5-17-9-6-14-15(7-9)8-10(13)11(16)18-12(2,3)4/h6-7,10H,5,8,13H2,1-4H3.